The van der Waals surface area contributed by atoms with Gasteiger partial charge in [0, 0.05) is 40.5 Å². The van der Waals surface area contributed by atoms with E-state index in [2.05, 4.69) is 60.5 Å². The van der Waals surface area contributed by atoms with Crippen molar-refractivity contribution in [1.29, 1.82) is 0 Å². The molecule has 31 heavy (non-hydrogen) atoms. The lowest BCUT2D eigenvalue weighted by Gasteiger charge is -2.08. The molecular weight excluding hydrogens is 386 g/mol. The van der Waals surface area contributed by atoms with E-state index < -0.39 is 5.97 Å². The van der Waals surface area contributed by atoms with Gasteiger partial charge in [0.15, 0.2) is 0 Å². The SMILES string of the molecule is C=CCn1c(-c2ccc3c(c2)c2ccccc2n3CC)nc2c(C)cc(C(=O)O)cc21. The van der Waals surface area contributed by atoms with Crippen LogP contribution in [0.15, 0.2) is 67.3 Å². The number of imidazole rings is 1. The number of rotatable bonds is 5. The number of aromatic nitrogens is 3. The van der Waals surface area contributed by atoms with Crippen LogP contribution in [0.4, 0.5) is 0 Å². The summed E-state index contributed by atoms with van der Waals surface area (Å²) in [5.41, 5.74) is 6.16. The van der Waals surface area contributed by atoms with E-state index in [1.807, 2.05) is 17.6 Å². The van der Waals surface area contributed by atoms with E-state index in [0.717, 1.165) is 34.5 Å². The van der Waals surface area contributed by atoms with Gasteiger partial charge in [-0.15, -0.1) is 6.58 Å². The van der Waals surface area contributed by atoms with E-state index in [4.69, 9.17) is 4.98 Å². The van der Waals surface area contributed by atoms with Crippen LogP contribution in [0.2, 0.25) is 0 Å². The van der Waals surface area contributed by atoms with Crippen LogP contribution in [0.5, 0.6) is 0 Å². The van der Waals surface area contributed by atoms with Gasteiger partial charge in [-0.3, -0.25) is 0 Å². The average molecular weight is 409 g/mol. The zero-order valence-electron chi connectivity index (χ0n) is 17.6. The summed E-state index contributed by atoms with van der Waals surface area (Å²) in [6.45, 7) is 9.40. The predicted octanol–water partition coefficient (Wildman–Crippen LogP) is 6.02. The highest BCUT2D eigenvalue weighted by atomic mass is 16.4. The summed E-state index contributed by atoms with van der Waals surface area (Å²) >= 11 is 0. The number of carboxylic acid groups (broad SMARTS) is 1. The summed E-state index contributed by atoms with van der Waals surface area (Å²) in [7, 11) is 0. The minimum Gasteiger partial charge on any atom is -0.478 e. The zero-order chi connectivity index (χ0) is 21.7. The fourth-order valence-electron chi connectivity index (χ4n) is 4.58. The van der Waals surface area contributed by atoms with Crippen LogP contribution < -0.4 is 0 Å². The predicted molar refractivity (Wildman–Crippen MR) is 126 cm³/mol. The van der Waals surface area contributed by atoms with E-state index in [9.17, 15) is 9.90 Å². The smallest absolute Gasteiger partial charge is 0.335 e. The molecule has 5 rings (SSSR count). The molecule has 0 aliphatic rings. The number of allylic oxidation sites excluding steroid dienone is 1. The molecule has 1 N–H and O–H groups in total. The van der Waals surface area contributed by atoms with Crippen LogP contribution >= 0.6 is 0 Å². The summed E-state index contributed by atoms with van der Waals surface area (Å²) in [6, 6.07) is 18.3. The average Bonchev–Trinajstić information content (AvgIpc) is 3.29. The third-order valence-electron chi connectivity index (χ3n) is 5.95. The number of benzene rings is 3. The fourth-order valence-corrected chi connectivity index (χ4v) is 4.58. The van der Waals surface area contributed by atoms with Crippen molar-refractivity contribution in [2.24, 2.45) is 0 Å². The molecule has 0 aliphatic heterocycles. The van der Waals surface area contributed by atoms with Crippen molar-refractivity contribution < 1.29 is 9.90 Å². The Morgan fingerprint density at radius 2 is 1.81 bits per heavy atom. The summed E-state index contributed by atoms with van der Waals surface area (Å²) < 4.78 is 4.37. The molecule has 0 atom stereocenters. The van der Waals surface area contributed by atoms with E-state index >= 15 is 0 Å². The molecule has 5 aromatic rings. The lowest BCUT2D eigenvalue weighted by Crippen LogP contribution is -2.01. The summed E-state index contributed by atoms with van der Waals surface area (Å²) in [5.74, 6) is -0.123. The van der Waals surface area contributed by atoms with Crippen LogP contribution in [-0.4, -0.2) is 25.2 Å². The molecule has 2 aromatic heterocycles. The highest BCUT2D eigenvalue weighted by molar-refractivity contribution is 6.09. The molecule has 0 saturated heterocycles. The Morgan fingerprint density at radius 1 is 1.03 bits per heavy atom. The van der Waals surface area contributed by atoms with Crippen molar-refractivity contribution in [3.63, 3.8) is 0 Å². The Labute approximate surface area is 179 Å². The monoisotopic (exact) mass is 409 g/mol. The number of para-hydroxylation sites is 1. The van der Waals surface area contributed by atoms with Crippen molar-refractivity contribution >= 4 is 38.8 Å². The Hall–Kier alpha value is -3.86. The van der Waals surface area contributed by atoms with Gasteiger partial charge in [0.2, 0.25) is 0 Å². The van der Waals surface area contributed by atoms with Crippen molar-refractivity contribution in [3.8, 4) is 11.4 Å². The molecule has 3 aromatic carbocycles. The minimum absolute atomic E-state index is 0.267. The van der Waals surface area contributed by atoms with Gasteiger partial charge in [-0.2, -0.15) is 0 Å². The second-order valence-corrected chi connectivity index (χ2v) is 7.79. The Bertz CT molecular complexity index is 1500. The van der Waals surface area contributed by atoms with Crippen molar-refractivity contribution in [3.05, 3.63) is 78.4 Å². The fraction of sp³-hybridized carbons (Fsp3) is 0.154. The summed E-state index contributed by atoms with van der Waals surface area (Å²) in [6.07, 6.45) is 1.81. The molecule has 0 unspecified atom stereocenters. The number of carboxylic acids is 1. The third-order valence-corrected chi connectivity index (χ3v) is 5.95. The first-order chi connectivity index (χ1) is 15.0. The second-order valence-electron chi connectivity index (χ2n) is 7.79. The van der Waals surface area contributed by atoms with Gasteiger partial charge in [0.25, 0.3) is 0 Å². The molecule has 5 nitrogen and oxygen atoms in total. The Balaban J connectivity index is 1.81. The van der Waals surface area contributed by atoms with E-state index in [0.29, 0.717) is 6.54 Å². The van der Waals surface area contributed by atoms with Crippen LogP contribution in [0.3, 0.4) is 0 Å². The maximum Gasteiger partial charge on any atom is 0.335 e. The van der Waals surface area contributed by atoms with Crippen LogP contribution in [0.1, 0.15) is 22.8 Å². The quantitative estimate of drug-likeness (QED) is 0.361. The van der Waals surface area contributed by atoms with Crippen molar-refractivity contribution in [2.75, 3.05) is 0 Å². The largest absolute Gasteiger partial charge is 0.478 e. The number of hydrogen-bond donors (Lipinski definition) is 1. The highest BCUT2D eigenvalue weighted by Gasteiger charge is 2.18. The van der Waals surface area contributed by atoms with Gasteiger partial charge in [0.1, 0.15) is 5.82 Å². The van der Waals surface area contributed by atoms with Gasteiger partial charge in [0.05, 0.1) is 16.6 Å². The maximum absolute atomic E-state index is 11.6. The van der Waals surface area contributed by atoms with E-state index in [1.165, 1.54) is 21.8 Å². The van der Waals surface area contributed by atoms with Gasteiger partial charge in [-0.25, -0.2) is 9.78 Å². The normalized spacial score (nSPS) is 11.5. The van der Waals surface area contributed by atoms with Crippen LogP contribution in [-0.2, 0) is 13.1 Å². The number of nitrogens with zero attached hydrogens (tertiary/aromatic N) is 3. The van der Waals surface area contributed by atoms with Gasteiger partial charge < -0.3 is 14.2 Å². The molecule has 0 saturated carbocycles. The maximum atomic E-state index is 11.6. The Kier molecular flexibility index (Phi) is 4.40. The minimum atomic E-state index is -0.938. The van der Waals surface area contributed by atoms with Crippen molar-refractivity contribution in [1.82, 2.24) is 14.1 Å². The Morgan fingerprint density at radius 3 is 2.55 bits per heavy atom. The molecule has 0 radical (unpaired) electrons. The first-order valence-corrected chi connectivity index (χ1v) is 10.4. The van der Waals surface area contributed by atoms with E-state index in [-0.39, 0.29) is 5.56 Å². The molecule has 0 fully saturated rings. The molecule has 0 spiro atoms. The molecule has 0 aliphatic carbocycles. The first-order valence-electron chi connectivity index (χ1n) is 10.4. The molecule has 154 valence electrons. The molecular formula is C26H23N3O2. The third kappa shape index (κ3) is 2.85. The van der Waals surface area contributed by atoms with Gasteiger partial charge in [-0.1, -0.05) is 24.3 Å². The number of aromatic carboxylic acids is 1. The number of aryl methyl sites for hydroxylation is 2. The topological polar surface area (TPSA) is 60.0 Å². The summed E-state index contributed by atoms with van der Waals surface area (Å²) in [5, 5.41) is 11.9. The zero-order valence-corrected chi connectivity index (χ0v) is 17.6. The number of hydrogen-bond acceptors (Lipinski definition) is 2. The molecule has 0 bridgehead atoms. The first kappa shape index (κ1) is 19.1. The lowest BCUT2D eigenvalue weighted by atomic mass is 10.1. The van der Waals surface area contributed by atoms with Crippen molar-refractivity contribution in [2.45, 2.75) is 26.9 Å². The molecule has 5 heteroatoms. The lowest BCUT2D eigenvalue weighted by molar-refractivity contribution is 0.0697. The molecule has 0 amide bonds. The molecule has 2 heterocycles. The standard InChI is InChI=1S/C26H23N3O2/c1-4-12-29-23-15-18(26(30)31)13-16(3)24(23)27-25(29)17-10-11-22-20(14-17)19-8-6-7-9-21(19)28(22)5-2/h4,6-11,13-15H,1,5,12H2,2-3H3,(H,30,31). The van der Waals surface area contributed by atoms with E-state index in [1.54, 1.807) is 12.1 Å². The van der Waals surface area contributed by atoms with Crippen LogP contribution in [0.25, 0.3) is 44.2 Å². The second kappa shape index (κ2) is 7.13. The highest BCUT2D eigenvalue weighted by Crippen LogP contribution is 2.34. The summed E-state index contributed by atoms with van der Waals surface area (Å²) in [4.78, 5) is 16.5. The number of carbonyl (C=O) groups is 1. The van der Waals surface area contributed by atoms with Gasteiger partial charge in [-0.05, 0) is 55.8 Å². The van der Waals surface area contributed by atoms with Crippen LogP contribution in [0, 0.1) is 6.92 Å². The number of fused-ring (bicyclic) bond motifs is 4. The van der Waals surface area contributed by atoms with Gasteiger partial charge >= 0.3 is 5.97 Å².